The van der Waals surface area contributed by atoms with Crippen molar-refractivity contribution in [3.8, 4) is 0 Å². The molecule has 0 aliphatic heterocycles. The smallest absolute Gasteiger partial charge is 0.293 e. The van der Waals surface area contributed by atoms with Crippen molar-refractivity contribution >= 4 is 6.47 Å². The second kappa shape index (κ2) is 7.91. The first-order valence-corrected chi connectivity index (χ1v) is 8.04. The van der Waals surface area contributed by atoms with Crippen LogP contribution in [0.25, 0.3) is 0 Å². The maximum atomic E-state index is 10.3. The van der Waals surface area contributed by atoms with E-state index in [2.05, 4.69) is 27.7 Å². The average molecular weight is 268 g/mol. The Hall–Kier alpha value is -0.530. The number of carbonyl (C=O) groups is 1. The number of rotatable bonds is 8. The zero-order valence-electron chi connectivity index (χ0n) is 13.4. The summed E-state index contributed by atoms with van der Waals surface area (Å²) in [7, 11) is 0. The third-order valence-electron chi connectivity index (χ3n) is 5.00. The summed E-state index contributed by atoms with van der Waals surface area (Å²) in [6, 6.07) is 0. The highest BCUT2D eigenvalue weighted by Gasteiger charge is 2.36. The lowest BCUT2D eigenvalue weighted by atomic mass is 9.76. The molecule has 0 aromatic rings. The van der Waals surface area contributed by atoms with Crippen LogP contribution in [0.2, 0.25) is 0 Å². The van der Waals surface area contributed by atoms with Crippen LogP contribution in [-0.2, 0) is 9.53 Å². The van der Waals surface area contributed by atoms with E-state index in [9.17, 15) is 4.79 Å². The molecule has 1 saturated carbocycles. The van der Waals surface area contributed by atoms with E-state index in [0.29, 0.717) is 6.47 Å². The summed E-state index contributed by atoms with van der Waals surface area (Å²) >= 11 is 0. The molecule has 1 fully saturated rings. The highest BCUT2D eigenvalue weighted by molar-refractivity contribution is 5.37. The molecule has 19 heavy (non-hydrogen) atoms. The molecule has 1 rings (SSSR count). The van der Waals surface area contributed by atoms with E-state index >= 15 is 0 Å². The van der Waals surface area contributed by atoms with Crippen LogP contribution in [0, 0.1) is 29.6 Å². The van der Waals surface area contributed by atoms with Gasteiger partial charge in [0, 0.05) is 0 Å². The lowest BCUT2D eigenvalue weighted by molar-refractivity contribution is -0.133. The van der Waals surface area contributed by atoms with E-state index in [4.69, 9.17) is 4.74 Å². The molecular formula is C17H32O2. The van der Waals surface area contributed by atoms with Crippen molar-refractivity contribution in [3.05, 3.63) is 0 Å². The van der Waals surface area contributed by atoms with Gasteiger partial charge >= 0.3 is 0 Å². The third kappa shape index (κ3) is 5.16. The Morgan fingerprint density at radius 1 is 1.21 bits per heavy atom. The Balaban J connectivity index is 2.49. The molecule has 0 bridgehead atoms. The van der Waals surface area contributed by atoms with Gasteiger partial charge in [-0.05, 0) is 62.2 Å². The molecule has 2 heteroatoms. The van der Waals surface area contributed by atoms with Gasteiger partial charge in [-0.15, -0.1) is 0 Å². The van der Waals surface area contributed by atoms with Crippen LogP contribution in [0.3, 0.4) is 0 Å². The molecule has 0 aromatic carbocycles. The molecule has 0 heterocycles. The molecule has 5 unspecified atom stereocenters. The van der Waals surface area contributed by atoms with E-state index in [1.165, 1.54) is 25.7 Å². The van der Waals surface area contributed by atoms with Gasteiger partial charge in [0.2, 0.25) is 0 Å². The Morgan fingerprint density at radius 2 is 1.89 bits per heavy atom. The van der Waals surface area contributed by atoms with Crippen molar-refractivity contribution in [2.24, 2.45) is 29.6 Å². The van der Waals surface area contributed by atoms with Crippen molar-refractivity contribution in [2.75, 3.05) is 0 Å². The van der Waals surface area contributed by atoms with E-state index in [0.717, 1.165) is 36.0 Å². The molecule has 5 atom stereocenters. The predicted octanol–water partition coefficient (Wildman–Crippen LogP) is 4.67. The molecule has 0 spiro atoms. The molecule has 2 nitrogen and oxygen atoms in total. The molecule has 0 N–H and O–H groups in total. The zero-order chi connectivity index (χ0) is 14.4. The summed E-state index contributed by atoms with van der Waals surface area (Å²) in [5.41, 5.74) is 0. The molecule has 0 amide bonds. The van der Waals surface area contributed by atoms with Crippen molar-refractivity contribution in [1.82, 2.24) is 0 Å². The van der Waals surface area contributed by atoms with E-state index in [1.54, 1.807) is 0 Å². The van der Waals surface area contributed by atoms with Crippen LogP contribution in [0.5, 0.6) is 0 Å². The first kappa shape index (κ1) is 16.5. The summed E-state index contributed by atoms with van der Waals surface area (Å²) in [5.74, 6) is 4.16. The third-order valence-corrected chi connectivity index (χ3v) is 5.00. The van der Waals surface area contributed by atoms with Crippen LogP contribution in [0.15, 0.2) is 0 Å². The fourth-order valence-corrected chi connectivity index (χ4v) is 4.02. The highest BCUT2D eigenvalue weighted by atomic mass is 16.5. The standard InChI is InChI=1S/C17H32O2/c1-12(2)10-14(4)17-8-6-13(3)16(17)9-7-15(5)19-11-18/h11-17H,6-10H2,1-5H3. The van der Waals surface area contributed by atoms with Gasteiger partial charge in [0.1, 0.15) is 0 Å². The lowest BCUT2D eigenvalue weighted by Crippen LogP contribution is -2.22. The van der Waals surface area contributed by atoms with Crippen molar-refractivity contribution in [1.29, 1.82) is 0 Å². The van der Waals surface area contributed by atoms with Crippen LogP contribution >= 0.6 is 0 Å². The van der Waals surface area contributed by atoms with Crippen molar-refractivity contribution in [3.63, 3.8) is 0 Å². The second-order valence-electron chi connectivity index (χ2n) is 7.11. The maximum Gasteiger partial charge on any atom is 0.293 e. The second-order valence-corrected chi connectivity index (χ2v) is 7.11. The molecule has 0 radical (unpaired) electrons. The Bertz CT molecular complexity index is 262. The summed E-state index contributed by atoms with van der Waals surface area (Å²) in [5, 5.41) is 0. The van der Waals surface area contributed by atoms with Crippen LogP contribution < -0.4 is 0 Å². The Labute approximate surface area is 119 Å². The van der Waals surface area contributed by atoms with Crippen molar-refractivity contribution in [2.45, 2.75) is 72.8 Å². The molecular weight excluding hydrogens is 236 g/mol. The quantitative estimate of drug-likeness (QED) is 0.598. The fraction of sp³-hybridized carbons (Fsp3) is 0.941. The molecule has 112 valence electrons. The monoisotopic (exact) mass is 268 g/mol. The van der Waals surface area contributed by atoms with E-state index in [1.807, 2.05) is 6.92 Å². The summed E-state index contributed by atoms with van der Waals surface area (Å²) in [6.07, 6.45) is 6.41. The van der Waals surface area contributed by atoms with E-state index < -0.39 is 0 Å². The molecule has 1 aliphatic carbocycles. The number of ether oxygens (including phenoxy) is 1. The number of carbonyl (C=O) groups excluding carboxylic acids is 1. The van der Waals surface area contributed by atoms with Gasteiger partial charge in [0.05, 0.1) is 6.10 Å². The normalized spacial score (nSPS) is 30.3. The SMILES string of the molecule is CC(C)CC(C)C1CCC(C)C1CCC(C)OC=O. The van der Waals surface area contributed by atoms with Crippen LogP contribution in [0.4, 0.5) is 0 Å². The maximum absolute atomic E-state index is 10.3. The molecule has 0 saturated heterocycles. The largest absolute Gasteiger partial charge is 0.465 e. The highest BCUT2D eigenvalue weighted by Crippen LogP contribution is 2.45. The van der Waals surface area contributed by atoms with E-state index in [-0.39, 0.29) is 6.10 Å². The van der Waals surface area contributed by atoms with Gasteiger partial charge in [-0.2, -0.15) is 0 Å². The average Bonchev–Trinajstić information content (AvgIpc) is 2.67. The van der Waals surface area contributed by atoms with Gasteiger partial charge in [-0.3, -0.25) is 4.79 Å². The number of hydrogen-bond acceptors (Lipinski definition) is 2. The molecule has 1 aliphatic rings. The van der Waals surface area contributed by atoms with Gasteiger partial charge in [0.25, 0.3) is 6.47 Å². The molecule has 0 aromatic heterocycles. The summed E-state index contributed by atoms with van der Waals surface area (Å²) in [4.78, 5) is 10.3. The van der Waals surface area contributed by atoms with Gasteiger partial charge in [0.15, 0.2) is 0 Å². The predicted molar refractivity (Wildman–Crippen MR) is 79.8 cm³/mol. The minimum absolute atomic E-state index is 0.0753. The van der Waals surface area contributed by atoms with Crippen LogP contribution in [0.1, 0.15) is 66.7 Å². The Morgan fingerprint density at radius 3 is 2.47 bits per heavy atom. The summed E-state index contributed by atoms with van der Waals surface area (Å²) in [6.45, 7) is 12.1. The zero-order valence-corrected chi connectivity index (χ0v) is 13.4. The fourth-order valence-electron chi connectivity index (χ4n) is 4.02. The van der Waals surface area contributed by atoms with Crippen molar-refractivity contribution < 1.29 is 9.53 Å². The number of hydrogen-bond donors (Lipinski definition) is 0. The Kier molecular flexibility index (Phi) is 6.88. The van der Waals surface area contributed by atoms with Crippen LogP contribution in [-0.4, -0.2) is 12.6 Å². The lowest BCUT2D eigenvalue weighted by Gasteiger charge is -2.29. The first-order chi connectivity index (χ1) is 8.95. The summed E-state index contributed by atoms with van der Waals surface area (Å²) < 4.78 is 5.02. The minimum atomic E-state index is 0.0753. The minimum Gasteiger partial charge on any atom is -0.465 e. The van der Waals surface area contributed by atoms with Gasteiger partial charge < -0.3 is 4.74 Å². The topological polar surface area (TPSA) is 26.3 Å². The first-order valence-electron chi connectivity index (χ1n) is 8.04. The van der Waals surface area contributed by atoms with Gasteiger partial charge in [-0.1, -0.05) is 34.1 Å². The van der Waals surface area contributed by atoms with Gasteiger partial charge in [-0.25, -0.2) is 0 Å².